The van der Waals surface area contributed by atoms with Crippen LogP contribution in [0.1, 0.15) is 54.4 Å². The number of sulfonamides is 1. The van der Waals surface area contributed by atoms with Gasteiger partial charge in [0, 0.05) is 18.5 Å². The highest BCUT2D eigenvalue weighted by Crippen LogP contribution is 2.46. The van der Waals surface area contributed by atoms with Gasteiger partial charge in [-0.2, -0.15) is 17.5 Å². The van der Waals surface area contributed by atoms with Gasteiger partial charge in [0.1, 0.15) is 5.75 Å². The van der Waals surface area contributed by atoms with Crippen LogP contribution in [0, 0.1) is 6.92 Å². The van der Waals surface area contributed by atoms with Crippen molar-refractivity contribution in [1.29, 1.82) is 0 Å². The summed E-state index contributed by atoms with van der Waals surface area (Å²) in [5, 5.41) is 8.88. The molecule has 1 spiro atoms. The smallest absolute Gasteiger partial charge is 0.416 e. The quantitative estimate of drug-likeness (QED) is 0.362. The summed E-state index contributed by atoms with van der Waals surface area (Å²) >= 11 is 0. The van der Waals surface area contributed by atoms with Crippen LogP contribution in [0.2, 0.25) is 0 Å². The molecule has 3 aromatic rings. The van der Waals surface area contributed by atoms with Gasteiger partial charge in [0.05, 0.1) is 10.5 Å². The first-order valence-electron chi connectivity index (χ1n) is 13.2. The molecule has 0 radical (unpaired) electrons. The molecule has 5 rings (SSSR count). The number of hydrogen-bond donors (Lipinski definition) is 1. The lowest BCUT2D eigenvalue weighted by Crippen LogP contribution is -2.48. The zero-order valence-electron chi connectivity index (χ0n) is 22.0. The molecule has 40 heavy (non-hydrogen) atoms. The number of aryl methyl sites for hydroxylation is 1. The van der Waals surface area contributed by atoms with Crippen LogP contribution in [-0.2, 0) is 33.0 Å². The van der Waals surface area contributed by atoms with Crippen LogP contribution in [0.3, 0.4) is 0 Å². The van der Waals surface area contributed by atoms with E-state index in [1.54, 1.807) is 6.92 Å². The van der Waals surface area contributed by atoms with E-state index in [9.17, 15) is 26.4 Å². The predicted octanol–water partition coefficient (Wildman–Crippen LogP) is 6.55. The number of halogens is 3. The fraction of sp³-hybridized carbons (Fsp3) is 0.367. The number of carboxylic acid groups (broad SMARTS) is 1. The van der Waals surface area contributed by atoms with Gasteiger partial charge in [-0.15, -0.1) is 0 Å². The van der Waals surface area contributed by atoms with E-state index in [1.807, 2.05) is 18.2 Å². The maximum atomic E-state index is 13.9. The number of aliphatic carboxylic acids is 1. The van der Waals surface area contributed by atoms with Crippen molar-refractivity contribution >= 4 is 16.0 Å². The van der Waals surface area contributed by atoms with Crippen LogP contribution in [-0.4, -0.2) is 37.0 Å². The Morgan fingerprint density at radius 1 is 0.975 bits per heavy atom. The molecule has 6 nitrogen and oxygen atoms in total. The van der Waals surface area contributed by atoms with Crippen LogP contribution in [0.5, 0.6) is 5.75 Å². The molecule has 1 aliphatic heterocycles. The van der Waals surface area contributed by atoms with E-state index in [-0.39, 0.29) is 16.9 Å². The van der Waals surface area contributed by atoms with E-state index in [1.165, 1.54) is 34.6 Å². The zero-order chi connectivity index (χ0) is 28.7. The predicted molar refractivity (Wildman–Crippen MR) is 144 cm³/mol. The molecular formula is C30H30F3NO5S. The van der Waals surface area contributed by atoms with E-state index in [0.29, 0.717) is 23.4 Å². The van der Waals surface area contributed by atoms with Gasteiger partial charge in [0.15, 0.2) is 6.61 Å². The summed E-state index contributed by atoms with van der Waals surface area (Å²) < 4.78 is 73.8. The molecular weight excluding hydrogens is 543 g/mol. The van der Waals surface area contributed by atoms with E-state index >= 15 is 0 Å². The van der Waals surface area contributed by atoms with Crippen molar-refractivity contribution in [3.63, 3.8) is 0 Å². The lowest BCUT2D eigenvalue weighted by Gasteiger charge is -2.46. The number of fused-ring (bicyclic) bond motifs is 2. The van der Waals surface area contributed by atoms with Gasteiger partial charge in [0.2, 0.25) is 10.0 Å². The maximum Gasteiger partial charge on any atom is 0.416 e. The van der Waals surface area contributed by atoms with Gasteiger partial charge in [-0.1, -0.05) is 43.5 Å². The molecule has 10 heteroatoms. The SMILES string of the molecule is Cc1cc(S(=O)(=O)N2Cc3cc(-c4ccc(C(F)(F)F)cc4)ccc3C3(CCCCC3)C2)ccc1OCC(=O)O. The third kappa shape index (κ3) is 5.47. The standard InChI is InChI=1S/C30H30F3NO5S/c1-20-15-25(10-12-27(20)39-18-28(35)36)40(37,38)34-17-23-16-22(21-5-8-24(9-6-21)30(31,32)33)7-11-26(23)29(19-34)13-3-2-4-14-29/h5-12,15-16H,2-4,13-14,17-19H2,1H3,(H,35,36). The highest BCUT2D eigenvalue weighted by atomic mass is 32.2. The average Bonchev–Trinajstić information content (AvgIpc) is 2.92. The topological polar surface area (TPSA) is 83.9 Å². The van der Waals surface area contributed by atoms with Crippen LogP contribution in [0.4, 0.5) is 13.2 Å². The third-order valence-corrected chi connectivity index (χ3v) is 9.78. The first-order valence-corrected chi connectivity index (χ1v) is 14.6. The second kappa shape index (κ2) is 10.6. The van der Waals surface area contributed by atoms with Crippen LogP contribution in [0.15, 0.2) is 65.6 Å². The average molecular weight is 574 g/mol. The largest absolute Gasteiger partial charge is 0.482 e. The Morgan fingerprint density at radius 2 is 1.65 bits per heavy atom. The van der Waals surface area contributed by atoms with Crippen molar-refractivity contribution in [2.24, 2.45) is 0 Å². The first kappa shape index (κ1) is 28.2. The van der Waals surface area contributed by atoms with Gasteiger partial charge in [-0.05, 0) is 84.0 Å². The third-order valence-electron chi connectivity index (χ3n) is 7.99. The normalized spacial score (nSPS) is 17.4. The summed E-state index contributed by atoms with van der Waals surface area (Å²) in [6, 6.07) is 15.2. The van der Waals surface area contributed by atoms with Crippen molar-refractivity contribution in [2.45, 2.75) is 62.1 Å². The van der Waals surface area contributed by atoms with Gasteiger partial charge in [-0.25, -0.2) is 13.2 Å². The molecule has 0 bridgehead atoms. The molecule has 3 aromatic carbocycles. The van der Waals surface area contributed by atoms with Crippen molar-refractivity contribution < 1.29 is 36.2 Å². The number of hydrogen-bond acceptors (Lipinski definition) is 4. The number of alkyl halides is 3. The molecule has 1 aliphatic carbocycles. The van der Waals surface area contributed by atoms with E-state index in [4.69, 9.17) is 9.84 Å². The Morgan fingerprint density at radius 3 is 2.27 bits per heavy atom. The molecule has 1 fully saturated rings. The Labute approximate surface area is 231 Å². The minimum absolute atomic E-state index is 0.0981. The Hall–Kier alpha value is -3.37. The minimum atomic E-state index is -4.42. The number of rotatable bonds is 6. The number of nitrogens with zero attached hydrogens (tertiary/aromatic N) is 1. The van der Waals surface area contributed by atoms with Gasteiger partial charge in [-0.3, -0.25) is 0 Å². The molecule has 1 heterocycles. The lowest BCUT2D eigenvalue weighted by molar-refractivity contribution is -0.139. The summed E-state index contributed by atoms with van der Waals surface area (Å²) in [5.41, 5.74) is 2.78. The molecule has 0 unspecified atom stereocenters. The highest BCUT2D eigenvalue weighted by Gasteiger charge is 2.44. The zero-order valence-corrected chi connectivity index (χ0v) is 22.8. The minimum Gasteiger partial charge on any atom is -0.482 e. The Bertz CT molecular complexity index is 1530. The van der Waals surface area contributed by atoms with Crippen molar-refractivity contribution in [3.05, 3.63) is 82.9 Å². The van der Waals surface area contributed by atoms with Crippen molar-refractivity contribution in [2.75, 3.05) is 13.2 Å². The molecule has 1 saturated carbocycles. The Balaban J connectivity index is 1.50. The number of benzene rings is 3. The van der Waals surface area contributed by atoms with E-state index in [0.717, 1.165) is 60.9 Å². The van der Waals surface area contributed by atoms with Crippen molar-refractivity contribution in [3.8, 4) is 16.9 Å². The van der Waals surface area contributed by atoms with E-state index < -0.39 is 34.3 Å². The molecule has 212 valence electrons. The monoisotopic (exact) mass is 573 g/mol. The van der Waals surface area contributed by atoms with Gasteiger partial charge >= 0.3 is 12.1 Å². The second-order valence-corrected chi connectivity index (χ2v) is 12.6. The second-order valence-electron chi connectivity index (χ2n) is 10.7. The summed E-state index contributed by atoms with van der Waals surface area (Å²) in [7, 11) is -3.91. The number of carboxylic acids is 1. The van der Waals surface area contributed by atoms with Crippen LogP contribution >= 0.6 is 0 Å². The van der Waals surface area contributed by atoms with Crippen molar-refractivity contribution in [1.82, 2.24) is 4.31 Å². The lowest BCUT2D eigenvalue weighted by atomic mass is 9.66. The maximum absolute atomic E-state index is 13.9. The first-order chi connectivity index (χ1) is 18.9. The molecule has 0 atom stereocenters. The van der Waals surface area contributed by atoms with Gasteiger partial charge in [0.25, 0.3) is 0 Å². The molecule has 0 aromatic heterocycles. The summed E-state index contributed by atoms with van der Waals surface area (Å²) in [4.78, 5) is 11.0. The summed E-state index contributed by atoms with van der Waals surface area (Å²) in [5.74, 6) is -0.827. The summed E-state index contributed by atoms with van der Waals surface area (Å²) in [6.07, 6.45) is 0.352. The molecule has 2 aliphatic rings. The van der Waals surface area contributed by atoms with Crippen LogP contribution < -0.4 is 4.74 Å². The van der Waals surface area contributed by atoms with Crippen LogP contribution in [0.25, 0.3) is 11.1 Å². The Kier molecular flexibility index (Phi) is 7.43. The number of ether oxygens (including phenoxy) is 1. The fourth-order valence-corrected chi connectivity index (χ4v) is 7.59. The molecule has 1 N–H and O–H groups in total. The molecule has 0 saturated heterocycles. The van der Waals surface area contributed by atoms with Gasteiger partial charge < -0.3 is 9.84 Å². The molecule has 0 amide bonds. The fourth-order valence-electron chi connectivity index (χ4n) is 6.00. The number of carbonyl (C=O) groups is 1. The van der Waals surface area contributed by atoms with E-state index in [2.05, 4.69) is 0 Å². The highest BCUT2D eigenvalue weighted by molar-refractivity contribution is 7.89. The summed E-state index contributed by atoms with van der Waals surface area (Å²) in [6.45, 7) is 1.63.